The monoisotopic (exact) mass is 1090 g/mol. The number of quaternary nitrogens is 1. The standard InChI is InChI=1S/C67H129N2O6P/c1-6-8-10-12-14-16-18-20-22-24-26-28-29-30-31-32-33-34-35-36-37-38-39-41-43-45-47-49-51-53-55-57-59-61-67(71)68-65(64-75-76(72,73)74-63-62-69(3,4)5)66(70)60-58-56-54-52-50-48-46-44-42-40-27-25-23-21-19-17-15-13-11-9-7-2/h24,26,42,44,50,52,58,60,65-66,70H,6-23,25,27-41,43,45-49,51,53-57,59,61-64H2,1-5H3,(H-,68,71,72,73)/p+1/b26-24-,44-42+,52-50+,60-58+. The lowest BCUT2D eigenvalue weighted by molar-refractivity contribution is -0.870. The fourth-order valence-electron chi connectivity index (χ4n) is 9.84. The number of nitrogens with zero attached hydrogens (tertiary/aromatic N) is 1. The average molecular weight is 1090 g/mol. The Balaban J connectivity index is 4.08. The van der Waals surface area contributed by atoms with Gasteiger partial charge in [0.1, 0.15) is 13.2 Å². The number of hydrogen-bond acceptors (Lipinski definition) is 5. The van der Waals surface area contributed by atoms with E-state index >= 15 is 0 Å². The molecule has 0 aromatic carbocycles. The third-order valence-corrected chi connectivity index (χ3v) is 16.0. The van der Waals surface area contributed by atoms with E-state index in [9.17, 15) is 19.4 Å². The highest BCUT2D eigenvalue weighted by Gasteiger charge is 2.28. The van der Waals surface area contributed by atoms with Crippen molar-refractivity contribution in [1.82, 2.24) is 5.32 Å². The van der Waals surface area contributed by atoms with Crippen LogP contribution in [0.5, 0.6) is 0 Å². The molecular weight excluding hydrogens is 960 g/mol. The van der Waals surface area contributed by atoms with Gasteiger partial charge in [0.15, 0.2) is 0 Å². The van der Waals surface area contributed by atoms with Gasteiger partial charge in [0.25, 0.3) is 0 Å². The number of rotatable bonds is 61. The molecule has 3 unspecified atom stereocenters. The van der Waals surface area contributed by atoms with Crippen LogP contribution in [0.4, 0.5) is 0 Å². The fourth-order valence-corrected chi connectivity index (χ4v) is 10.6. The molecule has 0 rings (SSSR count). The van der Waals surface area contributed by atoms with Crippen LogP contribution < -0.4 is 5.32 Å². The molecule has 1 amide bonds. The van der Waals surface area contributed by atoms with Crippen molar-refractivity contribution in [3.8, 4) is 0 Å². The van der Waals surface area contributed by atoms with E-state index in [-0.39, 0.29) is 19.1 Å². The Morgan fingerprint density at radius 1 is 0.434 bits per heavy atom. The van der Waals surface area contributed by atoms with Crippen molar-refractivity contribution in [3.63, 3.8) is 0 Å². The summed E-state index contributed by atoms with van der Waals surface area (Å²) >= 11 is 0. The largest absolute Gasteiger partial charge is 0.472 e. The Morgan fingerprint density at radius 2 is 0.724 bits per heavy atom. The maximum absolute atomic E-state index is 13.0. The molecule has 0 aromatic rings. The quantitative estimate of drug-likeness (QED) is 0.0243. The average Bonchev–Trinajstić information content (AvgIpc) is 3.38. The van der Waals surface area contributed by atoms with Crippen LogP contribution in [0.15, 0.2) is 48.6 Å². The smallest absolute Gasteiger partial charge is 0.387 e. The molecule has 0 aliphatic carbocycles. The van der Waals surface area contributed by atoms with Crippen LogP contribution in [0.3, 0.4) is 0 Å². The number of allylic oxidation sites excluding steroid dienone is 7. The maximum atomic E-state index is 13.0. The molecule has 0 saturated heterocycles. The van der Waals surface area contributed by atoms with Crippen LogP contribution in [0.25, 0.3) is 0 Å². The summed E-state index contributed by atoms with van der Waals surface area (Å²) in [6, 6.07) is -0.870. The second kappa shape index (κ2) is 58.1. The summed E-state index contributed by atoms with van der Waals surface area (Å²) in [5.74, 6) is -0.186. The summed E-state index contributed by atoms with van der Waals surface area (Å²) in [5, 5.41) is 13.9. The van der Waals surface area contributed by atoms with Crippen molar-refractivity contribution in [1.29, 1.82) is 0 Å². The molecule has 448 valence electrons. The van der Waals surface area contributed by atoms with Gasteiger partial charge in [-0.3, -0.25) is 13.8 Å². The molecule has 0 aliphatic heterocycles. The zero-order chi connectivity index (χ0) is 55.6. The SMILES string of the molecule is CCCCCCCCCC/C=C\CCCCCCCCCCCCCCCCCCCCCCCC(=O)NC(COP(=O)(O)OCC[N+](C)(C)C)C(O)/C=C/CC/C=C/CC/C=C/CCCCCCCCCCCCC. The molecule has 0 saturated carbocycles. The Kier molecular flexibility index (Phi) is 56.9. The van der Waals surface area contributed by atoms with Gasteiger partial charge in [-0.15, -0.1) is 0 Å². The third kappa shape index (κ3) is 60.1. The van der Waals surface area contributed by atoms with Crippen LogP contribution in [-0.4, -0.2) is 73.4 Å². The van der Waals surface area contributed by atoms with Gasteiger partial charge in [0.05, 0.1) is 39.9 Å². The molecule has 3 N–H and O–H groups in total. The lowest BCUT2D eigenvalue weighted by Gasteiger charge is -2.25. The van der Waals surface area contributed by atoms with Crippen LogP contribution in [0.2, 0.25) is 0 Å². The molecule has 0 fully saturated rings. The lowest BCUT2D eigenvalue weighted by Crippen LogP contribution is -2.45. The van der Waals surface area contributed by atoms with Gasteiger partial charge in [0, 0.05) is 6.42 Å². The highest BCUT2D eigenvalue weighted by molar-refractivity contribution is 7.47. The summed E-state index contributed by atoms with van der Waals surface area (Å²) in [6.07, 6.45) is 78.3. The van der Waals surface area contributed by atoms with E-state index in [0.29, 0.717) is 17.4 Å². The van der Waals surface area contributed by atoms with Crippen molar-refractivity contribution >= 4 is 13.7 Å². The fraction of sp³-hybridized carbons (Fsp3) is 0.866. The first-order valence-electron chi connectivity index (χ1n) is 33.0. The van der Waals surface area contributed by atoms with Gasteiger partial charge in [-0.05, 0) is 70.6 Å². The predicted octanol–water partition coefficient (Wildman–Crippen LogP) is 20.7. The minimum Gasteiger partial charge on any atom is -0.387 e. The summed E-state index contributed by atoms with van der Waals surface area (Å²) in [5.41, 5.74) is 0. The van der Waals surface area contributed by atoms with E-state index in [1.807, 2.05) is 27.2 Å². The Labute approximate surface area is 473 Å². The molecule has 76 heavy (non-hydrogen) atoms. The molecule has 0 aromatic heterocycles. The van der Waals surface area contributed by atoms with Crippen molar-refractivity contribution in [2.24, 2.45) is 0 Å². The zero-order valence-corrected chi connectivity index (χ0v) is 52.2. The van der Waals surface area contributed by atoms with Crippen LogP contribution in [0, 0.1) is 0 Å². The van der Waals surface area contributed by atoms with Crippen molar-refractivity contribution in [3.05, 3.63) is 48.6 Å². The summed E-state index contributed by atoms with van der Waals surface area (Å²) in [6.45, 7) is 4.83. The van der Waals surface area contributed by atoms with E-state index < -0.39 is 20.0 Å². The lowest BCUT2D eigenvalue weighted by atomic mass is 10.0. The van der Waals surface area contributed by atoms with Gasteiger partial charge >= 0.3 is 7.82 Å². The van der Waals surface area contributed by atoms with Crippen molar-refractivity contribution in [2.75, 3.05) is 40.9 Å². The molecule has 0 spiro atoms. The number of carbonyl (C=O) groups is 1. The van der Waals surface area contributed by atoms with Gasteiger partial charge in [-0.25, -0.2) is 4.57 Å². The van der Waals surface area contributed by atoms with E-state index in [0.717, 1.165) is 44.9 Å². The van der Waals surface area contributed by atoms with Crippen molar-refractivity contribution < 1.29 is 32.9 Å². The predicted molar refractivity (Wildman–Crippen MR) is 332 cm³/mol. The minimum atomic E-state index is -4.36. The van der Waals surface area contributed by atoms with Gasteiger partial charge in [-0.1, -0.05) is 294 Å². The number of phosphoric acid groups is 1. The summed E-state index contributed by atoms with van der Waals surface area (Å²) in [4.78, 5) is 23.4. The Morgan fingerprint density at radius 3 is 1.05 bits per heavy atom. The zero-order valence-electron chi connectivity index (χ0n) is 51.3. The minimum absolute atomic E-state index is 0.0543. The highest BCUT2D eigenvalue weighted by Crippen LogP contribution is 2.43. The number of amides is 1. The molecule has 8 nitrogen and oxygen atoms in total. The summed E-state index contributed by atoms with van der Waals surface area (Å²) < 4.78 is 23.7. The summed E-state index contributed by atoms with van der Waals surface area (Å²) in [7, 11) is 1.56. The number of unbranched alkanes of at least 4 members (excludes halogenated alkanes) is 42. The van der Waals surface area contributed by atoms with Gasteiger partial charge in [0.2, 0.25) is 5.91 Å². The van der Waals surface area contributed by atoms with E-state index in [1.165, 1.54) is 257 Å². The number of likely N-dealkylation sites (N-methyl/N-ethyl adjacent to an activating group) is 1. The first-order valence-corrected chi connectivity index (χ1v) is 34.5. The van der Waals surface area contributed by atoms with Crippen LogP contribution in [0.1, 0.15) is 322 Å². The number of carbonyl (C=O) groups excluding carboxylic acids is 1. The third-order valence-electron chi connectivity index (χ3n) is 15.0. The van der Waals surface area contributed by atoms with Gasteiger partial charge in [-0.2, -0.15) is 0 Å². The number of aliphatic hydroxyl groups excluding tert-OH is 1. The number of aliphatic hydroxyl groups is 1. The Hall–Kier alpha value is -1.54. The molecular formula is C67H130N2O6P+. The molecule has 0 heterocycles. The van der Waals surface area contributed by atoms with Crippen molar-refractivity contribution in [2.45, 2.75) is 334 Å². The molecule has 9 heteroatoms. The normalized spacial score (nSPS) is 14.0. The topological polar surface area (TPSA) is 105 Å². The maximum Gasteiger partial charge on any atom is 0.472 e. The van der Waals surface area contributed by atoms with Gasteiger partial charge < -0.3 is 19.8 Å². The number of phosphoric ester groups is 1. The molecule has 3 atom stereocenters. The van der Waals surface area contributed by atoms with Crippen LogP contribution >= 0.6 is 7.82 Å². The second-order valence-electron chi connectivity index (χ2n) is 23.8. The second-order valence-corrected chi connectivity index (χ2v) is 25.3. The van der Waals surface area contributed by atoms with E-state index in [2.05, 4.69) is 55.6 Å². The number of hydrogen-bond donors (Lipinski definition) is 3. The first-order chi connectivity index (χ1) is 37.0. The van der Waals surface area contributed by atoms with E-state index in [1.54, 1.807) is 6.08 Å². The van der Waals surface area contributed by atoms with Crippen LogP contribution in [-0.2, 0) is 18.4 Å². The Bertz CT molecular complexity index is 1380. The number of nitrogens with one attached hydrogen (secondary N) is 1. The highest BCUT2D eigenvalue weighted by atomic mass is 31.2. The molecule has 0 aliphatic rings. The first kappa shape index (κ1) is 74.5. The molecule has 0 radical (unpaired) electrons. The molecule has 0 bridgehead atoms. The van der Waals surface area contributed by atoms with E-state index in [4.69, 9.17) is 9.05 Å².